The van der Waals surface area contributed by atoms with E-state index in [1.807, 2.05) is 55.5 Å². The molecule has 1 heterocycles. The number of carbonyl (C=O) groups is 1. The second kappa shape index (κ2) is 7.87. The molecular weight excluding hydrogens is 328 g/mol. The predicted octanol–water partition coefficient (Wildman–Crippen LogP) is 4.69. The lowest BCUT2D eigenvalue weighted by molar-refractivity contribution is 0.101. The summed E-state index contributed by atoms with van der Waals surface area (Å²) in [5.41, 5.74) is 3.86. The van der Waals surface area contributed by atoms with Crippen LogP contribution in [0.5, 0.6) is 5.75 Å². The first-order valence-corrected chi connectivity index (χ1v) is 8.62. The van der Waals surface area contributed by atoms with Crippen molar-refractivity contribution in [1.82, 2.24) is 5.16 Å². The van der Waals surface area contributed by atoms with Gasteiger partial charge in [0.25, 0.3) is 5.91 Å². The van der Waals surface area contributed by atoms with Crippen molar-refractivity contribution in [3.05, 3.63) is 76.7 Å². The molecule has 0 aliphatic carbocycles. The molecule has 1 amide bonds. The lowest BCUT2D eigenvalue weighted by atomic mass is 10.1. The highest BCUT2D eigenvalue weighted by atomic mass is 16.5. The summed E-state index contributed by atoms with van der Waals surface area (Å²) in [6.45, 7) is 6.06. The number of anilines is 1. The number of hydrogen-bond acceptors (Lipinski definition) is 4. The quantitative estimate of drug-likeness (QED) is 0.701. The van der Waals surface area contributed by atoms with Gasteiger partial charge in [0.2, 0.25) is 0 Å². The van der Waals surface area contributed by atoms with E-state index >= 15 is 0 Å². The molecule has 0 aliphatic rings. The van der Waals surface area contributed by atoms with E-state index in [0.717, 1.165) is 23.4 Å². The second-order valence-electron chi connectivity index (χ2n) is 6.12. The first-order chi connectivity index (χ1) is 12.6. The van der Waals surface area contributed by atoms with E-state index in [2.05, 4.69) is 17.4 Å². The van der Waals surface area contributed by atoms with Gasteiger partial charge >= 0.3 is 0 Å². The van der Waals surface area contributed by atoms with Crippen molar-refractivity contribution < 1.29 is 14.1 Å². The van der Waals surface area contributed by atoms with E-state index in [4.69, 9.17) is 9.26 Å². The molecule has 0 radical (unpaired) electrons. The monoisotopic (exact) mass is 350 g/mol. The number of amides is 1. The lowest BCUT2D eigenvalue weighted by Crippen LogP contribution is -2.15. The lowest BCUT2D eigenvalue weighted by Gasteiger charge is -2.09. The molecule has 0 spiro atoms. The molecule has 0 bridgehead atoms. The van der Waals surface area contributed by atoms with Gasteiger partial charge in [-0.15, -0.1) is 0 Å². The highest BCUT2D eigenvalue weighted by Gasteiger charge is 2.20. The number of carbonyl (C=O) groups excluding carboxylic acids is 1. The zero-order valence-corrected chi connectivity index (χ0v) is 15.2. The zero-order valence-electron chi connectivity index (χ0n) is 15.2. The highest BCUT2D eigenvalue weighted by Crippen LogP contribution is 2.21. The van der Waals surface area contributed by atoms with Gasteiger partial charge < -0.3 is 14.6 Å². The van der Waals surface area contributed by atoms with Crippen LogP contribution in [0.4, 0.5) is 5.69 Å². The average molecular weight is 350 g/mol. The molecule has 0 saturated carbocycles. The van der Waals surface area contributed by atoms with Crippen molar-refractivity contribution >= 4 is 11.6 Å². The number of nitrogens with zero attached hydrogens (tertiary/aromatic N) is 1. The summed E-state index contributed by atoms with van der Waals surface area (Å²) in [5, 5.41) is 6.77. The minimum Gasteiger partial charge on any atom is -0.488 e. The van der Waals surface area contributed by atoms with Gasteiger partial charge in [-0.2, -0.15) is 0 Å². The Balaban J connectivity index is 1.73. The fourth-order valence-corrected chi connectivity index (χ4v) is 2.62. The van der Waals surface area contributed by atoms with Crippen LogP contribution in [0.25, 0.3) is 0 Å². The standard InChI is InChI=1S/C21H22N2O3/c1-4-16-9-11-17(12-10-16)22-21(24)20-18(15(3)26-23-20)13-25-19-8-6-5-7-14(19)2/h5-12H,4,13H2,1-3H3,(H,22,24). The number of aromatic nitrogens is 1. The summed E-state index contributed by atoms with van der Waals surface area (Å²) >= 11 is 0. The summed E-state index contributed by atoms with van der Waals surface area (Å²) in [5.74, 6) is 1.04. The van der Waals surface area contributed by atoms with Crippen LogP contribution >= 0.6 is 0 Å². The first kappa shape index (κ1) is 17.7. The molecule has 0 unspecified atom stereocenters. The van der Waals surface area contributed by atoms with E-state index in [0.29, 0.717) is 11.3 Å². The molecule has 1 aromatic heterocycles. The predicted molar refractivity (Wildman–Crippen MR) is 101 cm³/mol. The van der Waals surface area contributed by atoms with Crippen molar-refractivity contribution in [3.63, 3.8) is 0 Å². The van der Waals surface area contributed by atoms with Crippen molar-refractivity contribution in [2.24, 2.45) is 0 Å². The Labute approximate surface area is 153 Å². The normalized spacial score (nSPS) is 10.6. The van der Waals surface area contributed by atoms with Crippen LogP contribution in [-0.2, 0) is 13.0 Å². The van der Waals surface area contributed by atoms with E-state index < -0.39 is 0 Å². The molecule has 2 aromatic carbocycles. The van der Waals surface area contributed by atoms with Crippen molar-refractivity contribution in [2.45, 2.75) is 33.8 Å². The number of benzene rings is 2. The van der Waals surface area contributed by atoms with Crippen LogP contribution < -0.4 is 10.1 Å². The molecule has 5 heteroatoms. The Kier molecular flexibility index (Phi) is 5.37. The SMILES string of the molecule is CCc1ccc(NC(=O)c2noc(C)c2COc2ccccc2C)cc1. The minimum atomic E-state index is -0.311. The fraction of sp³-hybridized carbons (Fsp3) is 0.238. The van der Waals surface area contributed by atoms with E-state index in [-0.39, 0.29) is 18.2 Å². The second-order valence-corrected chi connectivity index (χ2v) is 6.12. The van der Waals surface area contributed by atoms with Gasteiger partial charge in [0.05, 0.1) is 5.56 Å². The Bertz CT molecular complexity index is 898. The van der Waals surface area contributed by atoms with Crippen molar-refractivity contribution in [1.29, 1.82) is 0 Å². The minimum absolute atomic E-state index is 0.220. The first-order valence-electron chi connectivity index (χ1n) is 8.62. The molecular formula is C21H22N2O3. The third-order valence-electron chi connectivity index (χ3n) is 4.29. The maximum absolute atomic E-state index is 12.6. The number of rotatable bonds is 6. The number of nitrogens with one attached hydrogen (secondary N) is 1. The number of aryl methyl sites for hydroxylation is 3. The Morgan fingerprint density at radius 2 is 1.85 bits per heavy atom. The molecule has 0 aliphatic heterocycles. The molecule has 26 heavy (non-hydrogen) atoms. The van der Waals surface area contributed by atoms with Crippen LogP contribution in [0.15, 0.2) is 53.1 Å². The zero-order chi connectivity index (χ0) is 18.5. The molecule has 1 N–H and O–H groups in total. The van der Waals surface area contributed by atoms with Gasteiger partial charge in [-0.05, 0) is 49.6 Å². The smallest absolute Gasteiger partial charge is 0.278 e. The van der Waals surface area contributed by atoms with E-state index in [9.17, 15) is 4.79 Å². The van der Waals surface area contributed by atoms with Crippen LogP contribution in [0, 0.1) is 13.8 Å². The summed E-state index contributed by atoms with van der Waals surface area (Å²) in [7, 11) is 0. The maximum Gasteiger partial charge on any atom is 0.278 e. The van der Waals surface area contributed by atoms with Crippen LogP contribution in [0.2, 0.25) is 0 Å². The third kappa shape index (κ3) is 3.94. The highest BCUT2D eigenvalue weighted by molar-refractivity contribution is 6.03. The van der Waals surface area contributed by atoms with Crippen LogP contribution in [0.1, 0.15) is 39.9 Å². The molecule has 5 nitrogen and oxygen atoms in total. The van der Waals surface area contributed by atoms with Gasteiger partial charge in [0.15, 0.2) is 5.69 Å². The fourth-order valence-electron chi connectivity index (χ4n) is 2.62. The molecule has 0 fully saturated rings. The molecule has 3 rings (SSSR count). The topological polar surface area (TPSA) is 64.4 Å². The van der Waals surface area contributed by atoms with Crippen LogP contribution in [0.3, 0.4) is 0 Å². The van der Waals surface area contributed by atoms with Crippen molar-refractivity contribution in [3.8, 4) is 5.75 Å². The molecule has 3 aromatic rings. The maximum atomic E-state index is 12.6. The Hall–Kier alpha value is -3.08. The number of ether oxygens (including phenoxy) is 1. The largest absolute Gasteiger partial charge is 0.488 e. The number of hydrogen-bond donors (Lipinski definition) is 1. The summed E-state index contributed by atoms with van der Waals surface area (Å²) in [6, 6.07) is 15.5. The molecule has 0 atom stereocenters. The van der Waals surface area contributed by atoms with E-state index in [1.54, 1.807) is 6.92 Å². The van der Waals surface area contributed by atoms with Gasteiger partial charge in [0, 0.05) is 5.69 Å². The van der Waals surface area contributed by atoms with Gasteiger partial charge in [0.1, 0.15) is 18.1 Å². The average Bonchev–Trinajstić information content (AvgIpc) is 3.02. The van der Waals surface area contributed by atoms with Gasteiger partial charge in [-0.1, -0.05) is 42.4 Å². The third-order valence-corrected chi connectivity index (χ3v) is 4.29. The van der Waals surface area contributed by atoms with Crippen molar-refractivity contribution in [2.75, 3.05) is 5.32 Å². The number of para-hydroxylation sites is 1. The molecule has 134 valence electrons. The van der Waals surface area contributed by atoms with Gasteiger partial charge in [-0.25, -0.2) is 0 Å². The summed E-state index contributed by atoms with van der Waals surface area (Å²) in [4.78, 5) is 12.6. The van der Waals surface area contributed by atoms with Gasteiger partial charge in [-0.3, -0.25) is 4.79 Å². The Morgan fingerprint density at radius 1 is 1.12 bits per heavy atom. The summed E-state index contributed by atoms with van der Waals surface area (Å²) < 4.78 is 11.1. The Morgan fingerprint density at radius 3 is 2.54 bits per heavy atom. The summed E-state index contributed by atoms with van der Waals surface area (Å²) in [6.07, 6.45) is 0.955. The van der Waals surface area contributed by atoms with E-state index in [1.165, 1.54) is 5.56 Å². The van der Waals surface area contributed by atoms with Crippen LogP contribution in [-0.4, -0.2) is 11.1 Å². The molecule has 0 saturated heterocycles.